The molecule has 6 nitrogen and oxygen atoms in total. The number of carboxylic acids is 1. The van der Waals surface area contributed by atoms with Crippen LogP contribution in [0.4, 0.5) is 10.5 Å². The molecule has 0 aliphatic carbocycles. The molecule has 0 bridgehead atoms. The van der Waals surface area contributed by atoms with Crippen molar-refractivity contribution in [2.24, 2.45) is 5.92 Å². The van der Waals surface area contributed by atoms with Gasteiger partial charge in [0, 0.05) is 12.2 Å². The number of nitrogens with zero attached hydrogens (tertiary/aromatic N) is 1. The van der Waals surface area contributed by atoms with Gasteiger partial charge in [0.2, 0.25) is 0 Å². The molecule has 1 aromatic heterocycles. The minimum absolute atomic E-state index is 0.0393. The molecule has 2 amide bonds. The minimum Gasteiger partial charge on any atom is -0.481 e. The molecule has 0 spiro atoms. The van der Waals surface area contributed by atoms with Gasteiger partial charge >= 0.3 is 12.0 Å². The number of carbonyl (C=O) groups excluding carboxylic acids is 1. The number of carbonyl (C=O) groups is 2. The predicted octanol–water partition coefficient (Wildman–Crippen LogP) is 2.01. The first-order valence-corrected chi connectivity index (χ1v) is 6.09. The topological polar surface area (TPSA) is 91.3 Å². The van der Waals surface area contributed by atoms with Crippen molar-refractivity contribution in [2.75, 3.05) is 5.32 Å². The highest BCUT2D eigenvalue weighted by atomic mass is 16.4. The summed E-state index contributed by atoms with van der Waals surface area (Å²) in [5, 5.41) is 14.1. The fraction of sp³-hybridized carbons (Fsp3) is 0.462. The molecular weight excluding hydrogens is 246 g/mol. The number of rotatable bonds is 5. The van der Waals surface area contributed by atoms with Gasteiger partial charge in [-0.2, -0.15) is 0 Å². The number of hydrogen-bond donors (Lipinski definition) is 3. The highest BCUT2D eigenvalue weighted by molar-refractivity contribution is 5.89. The maximum absolute atomic E-state index is 11.8. The molecule has 0 aliphatic heterocycles. The van der Waals surface area contributed by atoms with Crippen molar-refractivity contribution in [3.05, 3.63) is 24.0 Å². The van der Waals surface area contributed by atoms with Gasteiger partial charge in [-0.05, 0) is 24.5 Å². The van der Waals surface area contributed by atoms with Crippen LogP contribution in [0.15, 0.2) is 18.5 Å². The molecule has 0 aromatic carbocycles. The zero-order valence-electron chi connectivity index (χ0n) is 11.3. The molecule has 104 valence electrons. The Morgan fingerprint density at radius 3 is 2.58 bits per heavy atom. The number of aliphatic carboxylic acids is 1. The second-order valence-corrected chi connectivity index (χ2v) is 4.80. The molecule has 6 heteroatoms. The van der Waals surface area contributed by atoms with E-state index in [1.165, 1.54) is 6.20 Å². The van der Waals surface area contributed by atoms with E-state index in [0.29, 0.717) is 5.69 Å². The van der Waals surface area contributed by atoms with Crippen LogP contribution in [0.2, 0.25) is 0 Å². The Hall–Kier alpha value is -2.11. The average molecular weight is 265 g/mol. The lowest BCUT2D eigenvalue weighted by Gasteiger charge is -2.20. The number of pyridine rings is 1. The van der Waals surface area contributed by atoms with Crippen LogP contribution in [0.5, 0.6) is 0 Å². The van der Waals surface area contributed by atoms with E-state index in [0.717, 1.165) is 5.56 Å². The Morgan fingerprint density at radius 2 is 2.05 bits per heavy atom. The van der Waals surface area contributed by atoms with E-state index < -0.39 is 18.0 Å². The van der Waals surface area contributed by atoms with Gasteiger partial charge in [0.1, 0.15) is 0 Å². The first kappa shape index (κ1) is 14.9. The van der Waals surface area contributed by atoms with Crippen molar-refractivity contribution >= 4 is 17.7 Å². The van der Waals surface area contributed by atoms with Gasteiger partial charge in [0.15, 0.2) is 0 Å². The van der Waals surface area contributed by atoms with Crippen LogP contribution in [0.1, 0.15) is 25.8 Å². The minimum atomic E-state index is -0.934. The summed E-state index contributed by atoms with van der Waals surface area (Å²) in [6.07, 6.45) is 3.12. The molecule has 1 heterocycles. The molecule has 1 unspecified atom stereocenters. The monoisotopic (exact) mass is 265 g/mol. The fourth-order valence-electron chi connectivity index (χ4n) is 1.60. The number of carboxylic acid groups (broad SMARTS) is 1. The lowest BCUT2D eigenvalue weighted by molar-refractivity contribution is -0.137. The van der Waals surface area contributed by atoms with Crippen LogP contribution in [-0.2, 0) is 4.79 Å². The first-order valence-electron chi connectivity index (χ1n) is 6.09. The maximum Gasteiger partial charge on any atom is 0.319 e. The van der Waals surface area contributed by atoms with E-state index >= 15 is 0 Å². The van der Waals surface area contributed by atoms with E-state index in [1.807, 2.05) is 20.8 Å². The molecule has 0 saturated heterocycles. The largest absolute Gasteiger partial charge is 0.481 e. The van der Waals surface area contributed by atoms with Crippen LogP contribution in [0.25, 0.3) is 0 Å². The van der Waals surface area contributed by atoms with Gasteiger partial charge in [-0.1, -0.05) is 13.8 Å². The number of anilines is 1. The smallest absolute Gasteiger partial charge is 0.319 e. The predicted molar refractivity (Wildman–Crippen MR) is 72.0 cm³/mol. The molecule has 0 saturated carbocycles. The zero-order valence-corrected chi connectivity index (χ0v) is 11.3. The maximum atomic E-state index is 11.8. The number of aromatic nitrogens is 1. The molecule has 1 atom stereocenters. The van der Waals surface area contributed by atoms with E-state index in [-0.39, 0.29) is 12.3 Å². The molecule has 3 N–H and O–H groups in total. The van der Waals surface area contributed by atoms with Crippen molar-refractivity contribution < 1.29 is 14.7 Å². The van der Waals surface area contributed by atoms with Crippen LogP contribution >= 0.6 is 0 Å². The second kappa shape index (κ2) is 6.72. The molecule has 19 heavy (non-hydrogen) atoms. The van der Waals surface area contributed by atoms with Gasteiger partial charge < -0.3 is 15.7 Å². The molecule has 1 aromatic rings. The Morgan fingerprint density at radius 1 is 1.37 bits per heavy atom. The quantitative estimate of drug-likeness (QED) is 0.759. The summed E-state index contributed by atoms with van der Waals surface area (Å²) in [4.78, 5) is 26.5. The van der Waals surface area contributed by atoms with Gasteiger partial charge in [0.25, 0.3) is 0 Å². The lowest BCUT2D eigenvalue weighted by Crippen LogP contribution is -2.42. The highest BCUT2D eigenvalue weighted by Crippen LogP contribution is 2.09. The van der Waals surface area contributed by atoms with Gasteiger partial charge in [-0.25, -0.2) is 4.79 Å². The summed E-state index contributed by atoms with van der Waals surface area (Å²) >= 11 is 0. The average Bonchev–Trinajstić information content (AvgIpc) is 2.27. The van der Waals surface area contributed by atoms with Crippen molar-refractivity contribution in [3.63, 3.8) is 0 Å². The number of hydrogen-bond acceptors (Lipinski definition) is 3. The van der Waals surface area contributed by atoms with Crippen LogP contribution in [0, 0.1) is 12.8 Å². The molecule has 0 fully saturated rings. The Bertz CT molecular complexity index is 460. The van der Waals surface area contributed by atoms with Crippen LogP contribution in [0.3, 0.4) is 0 Å². The third kappa shape index (κ3) is 5.37. The van der Waals surface area contributed by atoms with Crippen molar-refractivity contribution in [2.45, 2.75) is 33.2 Å². The highest BCUT2D eigenvalue weighted by Gasteiger charge is 2.19. The summed E-state index contributed by atoms with van der Waals surface area (Å²) < 4.78 is 0. The Kier molecular flexibility index (Phi) is 5.29. The normalized spacial score (nSPS) is 12.0. The number of urea groups is 1. The van der Waals surface area contributed by atoms with Crippen molar-refractivity contribution in [3.8, 4) is 0 Å². The van der Waals surface area contributed by atoms with E-state index in [9.17, 15) is 9.59 Å². The van der Waals surface area contributed by atoms with Crippen molar-refractivity contribution in [1.82, 2.24) is 10.3 Å². The molecule has 1 rings (SSSR count). The number of nitrogens with one attached hydrogen (secondary N) is 2. The standard InChI is InChI=1S/C13H19N3O3/c1-8(2)11(5-12(17)18)16-13(19)15-10-4-9(3)6-14-7-10/h4,6-8,11H,5H2,1-3H3,(H,17,18)(H2,15,16,19). The van der Waals surface area contributed by atoms with Crippen molar-refractivity contribution in [1.29, 1.82) is 0 Å². The lowest BCUT2D eigenvalue weighted by atomic mass is 10.0. The molecular formula is C13H19N3O3. The Labute approximate surface area is 112 Å². The number of amides is 2. The van der Waals surface area contributed by atoms with E-state index in [1.54, 1.807) is 12.3 Å². The van der Waals surface area contributed by atoms with Gasteiger partial charge in [-0.15, -0.1) is 0 Å². The second-order valence-electron chi connectivity index (χ2n) is 4.80. The summed E-state index contributed by atoms with van der Waals surface area (Å²) in [5.74, 6) is -0.895. The SMILES string of the molecule is Cc1cncc(NC(=O)NC(CC(=O)O)C(C)C)c1. The van der Waals surface area contributed by atoms with E-state index in [2.05, 4.69) is 15.6 Å². The summed E-state index contributed by atoms with van der Waals surface area (Å²) in [6, 6.07) is 0.955. The molecule has 0 radical (unpaired) electrons. The molecule has 0 aliphatic rings. The first-order chi connectivity index (χ1) is 8.88. The van der Waals surface area contributed by atoms with Gasteiger partial charge in [0.05, 0.1) is 18.3 Å². The zero-order chi connectivity index (χ0) is 14.4. The number of aryl methyl sites for hydroxylation is 1. The van der Waals surface area contributed by atoms with Crippen LogP contribution in [-0.4, -0.2) is 28.1 Å². The third-order valence-corrected chi connectivity index (χ3v) is 2.65. The fourth-order valence-corrected chi connectivity index (χ4v) is 1.60. The Balaban J connectivity index is 2.60. The summed E-state index contributed by atoms with van der Waals surface area (Å²) in [6.45, 7) is 5.60. The summed E-state index contributed by atoms with van der Waals surface area (Å²) in [5.41, 5.74) is 1.51. The third-order valence-electron chi connectivity index (χ3n) is 2.65. The van der Waals surface area contributed by atoms with E-state index in [4.69, 9.17) is 5.11 Å². The van der Waals surface area contributed by atoms with Crippen LogP contribution < -0.4 is 10.6 Å². The van der Waals surface area contributed by atoms with Gasteiger partial charge in [-0.3, -0.25) is 9.78 Å². The summed E-state index contributed by atoms with van der Waals surface area (Å²) in [7, 11) is 0.